The van der Waals surface area contributed by atoms with Crippen LogP contribution < -0.4 is 5.73 Å². The van der Waals surface area contributed by atoms with Crippen LogP contribution in [-0.2, 0) is 33.1 Å². The number of rotatable bonds is 7. The first-order valence-electron chi connectivity index (χ1n) is 12.6. The number of aromatic amines is 1. The Kier molecular flexibility index (Phi) is 6.09. The Labute approximate surface area is 211 Å². The molecule has 1 aliphatic rings. The SMILES string of the molecule is Cn1ccc(-c2ccc(CN(Cc3nc4ccccc4[nH]3)C3CCCc4cccnc43)c(CN)c2)n1. The summed E-state index contributed by atoms with van der Waals surface area (Å²) < 4.78 is 1.83. The summed E-state index contributed by atoms with van der Waals surface area (Å²) >= 11 is 0. The Morgan fingerprint density at radius 3 is 2.81 bits per heavy atom. The average molecular weight is 478 g/mol. The van der Waals surface area contributed by atoms with Crippen LogP contribution >= 0.6 is 0 Å². The molecule has 6 rings (SSSR count). The second-order valence-electron chi connectivity index (χ2n) is 9.62. The maximum absolute atomic E-state index is 6.26. The molecular weight excluding hydrogens is 446 g/mol. The molecule has 5 aromatic rings. The first-order chi connectivity index (χ1) is 17.7. The Morgan fingerprint density at radius 2 is 1.97 bits per heavy atom. The van der Waals surface area contributed by atoms with Gasteiger partial charge < -0.3 is 10.7 Å². The number of aromatic nitrogens is 5. The standard InChI is InChI=1S/C29H31N7/c1-35-15-13-24(34-35)21-11-12-22(23(16-21)17-30)18-36(19-28-32-25-8-2-3-9-26(25)33-28)27-10-4-6-20-7-5-14-31-29(20)27/h2-3,5,7-9,11-16,27H,4,6,10,17-19,30H2,1H3,(H,32,33). The summed E-state index contributed by atoms with van der Waals surface area (Å²) in [6, 6.07) is 21.3. The number of nitrogens with one attached hydrogen (secondary N) is 1. The summed E-state index contributed by atoms with van der Waals surface area (Å²) in [5.74, 6) is 0.971. The predicted octanol–water partition coefficient (Wildman–Crippen LogP) is 4.90. The van der Waals surface area contributed by atoms with Gasteiger partial charge in [0.25, 0.3) is 0 Å². The molecule has 7 nitrogen and oxygen atoms in total. The zero-order valence-corrected chi connectivity index (χ0v) is 20.6. The molecule has 0 amide bonds. The Balaban J connectivity index is 1.36. The van der Waals surface area contributed by atoms with Crippen LogP contribution in [0.5, 0.6) is 0 Å². The van der Waals surface area contributed by atoms with Crippen LogP contribution in [0, 0.1) is 0 Å². The molecule has 1 atom stereocenters. The van der Waals surface area contributed by atoms with Crippen LogP contribution in [-0.4, -0.2) is 29.6 Å². The summed E-state index contributed by atoms with van der Waals surface area (Å²) in [7, 11) is 1.94. The number of imidazole rings is 1. The van der Waals surface area contributed by atoms with Gasteiger partial charge in [0.15, 0.2) is 0 Å². The number of benzene rings is 2. The second-order valence-corrected chi connectivity index (χ2v) is 9.62. The monoisotopic (exact) mass is 477 g/mol. The van der Waals surface area contributed by atoms with E-state index in [4.69, 9.17) is 15.7 Å². The lowest BCUT2D eigenvalue weighted by atomic mass is 9.90. The van der Waals surface area contributed by atoms with Crippen molar-refractivity contribution in [3.05, 3.63) is 101 Å². The van der Waals surface area contributed by atoms with Crippen LogP contribution in [0.3, 0.4) is 0 Å². The van der Waals surface area contributed by atoms with Crippen molar-refractivity contribution in [3.63, 3.8) is 0 Å². The Hall–Kier alpha value is -3.81. The topological polar surface area (TPSA) is 88.7 Å². The molecule has 7 heteroatoms. The first kappa shape index (κ1) is 22.6. The first-order valence-corrected chi connectivity index (χ1v) is 12.6. The average Bonchev–Trinajstić information content (AvgIpc) is 3.53. The maximum atomic E-state index is 6.26. The van der Waals surface area contributed by atoms with Crippen molar-refractivity contribution in [2.24, 2.45) is 12.8 Å². The summed E-state index contributed by atoms with van der Waals surface area (Å²) in [4.78, 5) is 15.8. The van der Waals surface area contributed by atoms with E-state index in [1.165, 1.54) is 16.8 Å². The van der Waals surface area contributed by atoms with Crippen molar-refractivity contribution >= 4 is 11.0 Å². The highest BCUT2D eigenvalue weighted by molar-refractivity contribution is 5.74. The van der Waals surface area contributed by atoms with Gasteiger partial charge in [0.05, 0.1) is 35.0 Å². The van der Waals surface area contributed by atoms with Crippen LogP contribution in [0.4, 0.5) is 0 Å². The smallest absolute Gasteiger partial charge is 0.121 e. The second kappa shape index (κ2) is 9.68. The minimum absolute atomic E-state index is 0.226. The van der Waals surface area contributed by atoms with E-state index in [1.54, 1.807) is 0 Å². The van der Waals surface area contributed by atoms with Crippen molar-refractivity contribution in [1.29, 1.82) is 0 Å². The summed E-state index contributed by atoms with van der Waals surface area (Å²) in [5, 5.41) is 4.57. The lowest BCUT2D eigenvalue weighted by molar-refractivity contribution is 0.153. The lowest BCUT2D eigenvalue weighted by Gasteiger charge is -2.35. The number of nitrogens with zero attached hydrogens (tertiary/aromatic N) is 5. The molecule has 3 heterocycles. The van der Waals surface area contributed by atoms with Crippen molar-refractivity contribution in [1.82, 2.24) is 29.6 Å². The third-order valence-electron chi connectivity index (χ3n) is 7.21. The molecule has 1 unspecified atom stereocenters. The zero-order chi connectivity index (χ0) is 24.5. The quantitative estimate of drug-likeness (QED) is 0.348. The number of nitrogens with two attached hydrogens (primary N) is 1. The fourth-order valence-electron chi connectivity index (χ4n) is 5.41. The van der Waals surface area contributed by atoms with Gasteiger partial charge >= 0.3 is 0 Å². The minimum Gasteiger partial charge on any atom is -0.341 e. The number of aryl methyl sites for hydroxylation is 2. The van der Waals surface area contributed by atoms with E-state index < -0.39 is 0 Å². The van der Waals surface area contributed by atoms with Crippen LogP contribution in [0.1, 0.15) is 47.1 Å². The summed E-state index contributed by atoms with van der Waals surface area (Å²) in [5.41, 5.74) is 15.3. The maximum Gasteiger partial charge on any atom is 0.121 e. The summed E-state index contributed by atoms with van der Waals surface area (Å²) in [6.45, 7) is 1.96. The van der Waals surface area contributed by atoms with Crippen molar-refractivity contribution in [2.45, 2.75) is 44.9 Å². The molecule has 0 saturated carbocycles. The van der Waals surface area contributed by atoms with Gasteiger partial charge in [0.1, 0.15) is 5.82 Å². The highest BCUT2D eigenvalue weighted by Crippen LogP contribution is 2.35. The Morgan fingerprint density at radius 1 is 1.06 bits per heavy atom. The van der Waals surface area contributed by atoms with Crippen LogP contribution in [0.25, 0.3) is 22.3 Å². The summed E-state index contributed by atoms with van der Waals surface area (Å²) in [6.07, 6.45) is 7.21. The van der Waals surface area contributed by atoms with Crippen molar-refractivity contribution < 1.29 is 0 Å². The van der Waals surface area contributed by atoms with Gasteiger partial charge in [0.2, 0.25) is 0 Å². The molecule has 0 aliphatic heterocycles. The van der Waals surface area contributed by atoms with Gasteiger partial charge in [-0.15, -0.1) is 0 Å². The lowest BCUT2D eigenvalue weighted by Crippen LogP contribution is -2.32. The van der Waals surface area contributed by atoms with Gasteiger partial charge in [0, 0.05) is 38.1 Å². The molecule has 2 aromatic carbocycles. The molecule has 3 aromatic heterocycles. The molecular formula is C29H31N7. The molecule has 0 spiro atoms. The third-order valence-corrected chi connectivity index (χ3v) is 7.21. The van der Waals surface area contributed by atoms with E-state index >= 15 is 0 Å². The van der Waals surface area contributed by atoms with Crippen molar-refractivity contribution in [2.75, 3.05) is 0 Å². The van der Waals surface area contributed by atoms with Crippen LogP contribution in [0.15, 0.2) is 73.1 Å². The molecule has 0 saturated heterocycles. The highest BCUT2D eigenvalue weighted by atomic mass is 15.2. The zero-order valence-electron chi connectivity index (χ0n) is 20.6. The molecule has 182 valence electrons. The third kappa shape index (κ3) is 4.43. The van der Waals surface area contributed by atoms with E-state index in [2.05, 4.69) is 51.4 Å². The van der Waals surface area contributed by atoms with E-state index in [1.807, 2.05) is 48.4 Å². The van der Waals surface area contributed by atoms with Gasteiger partial charge in [-0.1, -0.05) is 30.3 Å². The fourth-order valence-corrected chi connectivity index (χ4v) is 5.41. The molecule has 0 bridgehead atoms. The van der Waals surface area contributed by atoms with E-state index in [9.17, 15) is 0 Å². The predicted molar refractivity (Wildman–Crippen MR) is 142 cm³/mol. The van der Waals surface area contributed by atoms with Gasteiger partial charge in [-0.3, -0.25) is 14.6 Å². The highest BCUT2D eigenvalue weighted by Gasteiger charge is 2.28. The molecule has 3 N–H and O–H groups in total. The largest absolute Gasteiger partial charge is 0.341 e. The molecule has 1 aliphatic carbocycles. The molecule has 0 radical (unpaired) electrons. The van der Waals surface area contributed by atoms with Gasteiger partial charge in [-0.2, -0.15) is 5.10 Å². The number of fused-ring (bicyclic) bond motifs is 2. The van der Waals surface area contributed by atoms with Gasteiger partial charge in [-0.25, -0.2) is 4.98 Å². The Bertz CT molecular complexity index is 1470. The normalized spacial score (nSPS) is 15.5. The number of pyridine rings is 1. The van der Waals surface area contributed by atoms with E-state index in [0.717, 1.165) is 59.5 Å². The molecule has 0 fully saturated rings. The fraction of sp³-hybridized carbons (Fsp3) is 0.276. The van der Waals surface area contributed by atoms with E-state index in [-0.39, 0.29) is 6.04 Å². The number of para-hydroxylation sites is 2. The minimum atomic E-state index is 0.226. The van der Waals surface area contributed by atoms with E-state index in [0.29, 0.717) is 13.1 Å². The number of H-pyrrole nitrogens is 1. The number of hydrogen-bond donors (Lipinski definition) is 2. The molecule has 36 heavy (non-hydrogen) atoms. The van der Waals surface area contributed by atoms with Gasteiger partial charge in [-0.05, 0) is 66.3 Å². The number of hydrogen-bond acceptors (Lipinski definition) is 5. The van der Waals surface area contributed by atoms with Crippen LogP contribution in [0.2, 0.25) is 0 Å². The van der Waals surface area contributed by atoms with Crippen molar-refractivity contribution in [3.8, 4) is 11.3 Å².